The summed E-state index contributed by atoms with van der Waals surface area (Å²) in [5.74, 6) is -2.24. The van der Waals surface area contributed by atoms with Crippen LogP contribution in [-0.4, -0.2) is 93.6 Å². The van der Waals surface area contributed by atoms with Crippen LogP contribution in [0.25, 0.3) is 0 Å². The van der Waals surface area contributed by atoms with Gasteiger partial charge in [0.15, 0.2) is 17.3 Å². The van der Waals surface area contributed by atoms with Gasteiger partial charge in [-0.3, -0.25) is 14.4 Å². The zero-order valence-corrected chi connectivity index (χ0v) is 28.0. The maximum atomic E-state index is 14.9. The van der Waals surface area contributed by atoms with E-state index in [2.05, 4.69) is 20.0 Å². The Morgan fingerprint density at radius 2 is 1.94 bits per heavy atom. The molecule has 7 rings (SSSR count). The smallest absolute Gasteiger partial charge is 0.416 e. The van der Waals surface area contributed by atoms with Crippen LogP contribution >= 0.6 is 11.6 Å². The number of methoxy groups -OCH3 is 1. The fourth-order valence-electron chi connectivity index (χ4n) is 6.95. The molecule has 17 heteroatoms. The summed E-state index contributed by atoms with van der Waals surface area (Å²) >= 11 is 6.59. The number of ether oxygens (including phenoxy) is 2. The lowest BCUT2D eigenvalue weighted by molar-refractivity contribution is -0.140. The molecule has 0 aliphatic carbocycles. The van der Waals surface area contributed by atoms with Crippen LogP contribution in [0, 0.1) is 5.82 Å². The molecule has 266 valence electrons. The third-order valence-electron chi connectivity index (χ3n) is 9.33. The van der Waals surface area contributed by atoms with Gasteiger partial charge in [0.2, 0.25) is 0 Å². The van der Waals surface area contributed by atoms with E-state index >= 15 is 0 Å². The number of benzene rings is 1. The molecule has 2 fully saturated rings. The summed E-state index contributed by atoms with van der Waals surface area (Å²) in [6.07, 6.45) is -3.03. The van der Waals surface area contributed by atoms with Crippen LogP contribution in [0.2, 0.25) is 5.02 Å². The summed E-state index contributed by atoms with van der Waals surface area (Å²) in [5, 5.41) is 14.4. The molecule has 2 saturated heterocycles. The highest BCUT2D eigenvalue weighted by molar-refractivity contribution is 6.34. The Morgan fingerprint density at radius 3 is 2.63 bits per heavy atom. The largest absolute Gasteiger partial charge is 0.505 e. The Morgan fingerprint density at radius 1 is 1.16 bits per heavy atom. The van der Waals surface area contributed by atoms with Crippen molar-refractivity contribution in [3.05, 3.63) is 56.7 Å². The second kappa shape index (κ2) is 13.9. The van der Waals surface area contributed by atoms with Crippen molar-refractivity contribution in [2.75, 3.05) is 45.7 Å². The fraction of sp³-hybridized carbons (Fsp3) is 0.562. The number of phenols is 1. The highest BCUT2D eigenvalue weighted by atomic mass is 35.5. The van der Waals surface area contributed by atoms with E-state index in [1.165, 1.54) is 24.9 Å². The van der Waals surface area contributed by atoms with Crippen molar-refractivity contribution in [3.63, 3.8) is 0 Å². The molecule has 1 amide bonds. The number of rotatable bonds is 4. The van der Waals surface area contributed by atoms with E-state index in [1.807, 2.05) is 4.90 Å². The number of anilines is 1. The number of aryl methyl sites for hydroxylation is 1. The minimum atomic E-state index is -4.87. The fourth-order valence-corrected chi connectivity index (χ4v) is 7.23. The summed E-state index contributed by atoms with van der Waals surface area (Å²) in [7, 11) is 4.55. The molecule has 0 spiro atoms. The number of fused-ring (bicyclic) bond motifs is 3. The lowest BCUT2D eigenvalue weighted by Crippen LogP contribution is -2.29. The number of hydrogen-bond acceptors (Lipinski definition) is 9. The average molecular weight is 714 g/mol. The molecule has 0 saturated carbocycles. The normalized spacial score (nSPS) is 22.1. The Balaban J connectivity index is 0.000000396. The predicted molar refractivity (Wildman–Crippen MR) is 168 cm³/mol. The van der Waals surface area contributed by atoms with Crippen LogP contribution in [0.5, 0.6) is 11.8 Å². The van der Waals surface area contributed by atoms with Crippen LogP contribution < -0.4 is 9.64 Å². The molecular formula is C32H37ClF5N7O4. The molecule has 11 nitrogen and oxygen atoms in total. The van der Waals surface area contributed by atoms with Gasteiger partial charge in [-0.25, -0.2) is 8.78 Å². The van der Waals surface area contributed by atoms with Gasteiger partial charge in [0, 0.05) is 57.3 Å². The summed E-state index contributed by atoms with van der Waals surface area (Å²) in [6, 6.07) is 1.86. The quantitative estimate of drug-likeness (QED) is 0.360. The first-order valence-electron chi connectivity index (χ1n) is 16.0. The van der Waals surface area contributed by atoms with Crippen molar-refractivity contribution < 1.29 is 41.3 Å². The van der Waals surface area contributed by atoms with Gasteiger partial charge in [-0.2, -0.15) is 28.2 Å². The van der Waals surface area contributed by atoms with Gasteiger partial charge in [0.25, 0.3) is 5.91 Å². The SMILES string of the molecule is COc1nc2c(c(N3CCCn4nc(C(=O)N(C)C)c(Cl)c4C3)n1)COC(c1c(C(F)(F)F)ccc(O)c1F)C2.FC1CC2CCCN2C1. The van der Waals surface area contributed by atoms with E-state index in [-0.39, 0.29) is 42.2 Å². The topological polar surface area (TPSA) is 109 Å². The Bertz CT molecular complexity index is 1710. The van der Waals surface area contributed by atoms with E-state index < -0.39 is 41.1 Å². The van der Waals surface area contributed by atoms with Crippen molar-refractivity contribution in [2.45, 2.75) is 76.3 Å². The highest BCUT2D eigenvalue weighted by Gasteiger charge is 2.40. The van der Waals surface area contributed by atoms with E-state index in [1.54, 1.807) is 18.8 Å². The Hall–Kier alpha value is -3.76. The van der Waals surface area contributed by atoms with Gasteiger partial charge >= 0.3 is 12.2 Å². The van der Waals surface area contributed by atoms with Gasteiger partial charge in [-0.1, -0.05) is 11.6 Å². The summed E-state index contributed by atoms with van der Waals surface area (Å²) in [6.45, 7) is 2.86. The number of carbonyl (C=O) groups excluding carboxylic acids is 1. The van der Waals surface area contributed by atoms with Crippen LogP contribution in [0.15, 0.2) is 12.1 Å². The van der Waals surface area contributed by atoms with Crippen molar-refractivity contribution in [1.82, 2.24) is 29.5 Å². The molecule has 0 bridgehead atoms. The molecule has 1 aromatic carbocycles. The Labute approximate surface area is 284 Å². The van der Waals surface area contributed by atoms with Crippen LogP contribution in [0.4, 0.5) is 27.8 Å². The van der Waals surface area contributed by atoms with Crippen molar-refractivity contribution in [1.29, 1.82) is 0 Å². The molecule has 4 aliphatic rings. The van der Waals surface area contributed by atoms with Gasteiger partial charge in [0.1, 0.15) is 12.0 Å². The van der Waals surface area contributed by atoms with Crippen molar-refractivity contribution in [3.8, 4) is 11.8 Å². The van der Waals surface area contributed by atoms with Crippen LogP contribution in [0.1, 0.15) is 70.4 Å². The lowest BCUT2D eigenvalue weighted by Gasteiger charge is -2.31. The number of phenolic OH excluding ortho intramolecular Hbond substituents is 1. The molecule has 49 heavy (non-hydrogen) atoms. The molecule has 3 aromatic rings. The first-order valence-corrected chi connectivity index (χ1v) is 16.4. The average Bonchev–Trinajstić information content (AvgIpc) is 3.68. The second-order valence-electron chi connectivity index (χ2n) is 12.8. The van der Waals surface area contributed by atoms with E-state index in [9.17, 15) is 31.9 Å². The minimum Gasteiger partial charge on any atom is -0.505 e. The van der Waals surface area contributed by atoms with Gasteiger partial charge < -0.3 is 24.4 Å². The zero-order chi connectivity index (χ0) is 35.2. The van der Waals surface area contributed by atoms with Crippen molar-refractivity contribution >= 4 is 23.3 Å². The van der Waals surface area contributed by atoms with E-state index in [4.69, 9.17) is 21.1 Å². The minimum absolute atomic E-state index is 0.0332. The molecule has 3 unspecified atom stereocenters. The monoisotopic (exact) mass is 713 g/mol. The number of amides is 1. The van der Waals surface area contributed by atoms with Crippen molar-refractivity contribution in [2.24, 2.45) is 0 Å². The van der Waals surface area contributed by atoms with Gasteiger partial charge in [-0.15, -0.1) is 0 Å². The summed E-state index contributed by atoms with van der Waals surface area (Å²) < 4.78 is 81.4. The maximum Gasteiger partial charge on any atom is 0.416 e. The number of carbonyl (C=O) groups is 1. The lowest BCUT2D eigenvalue weighted by atomic mass is 9.94. The second-order valence-corrected chi connectivity index (χ2v) is 13.1. The first kappa shape index (κ1) is 35.1. The molecule has 4 aliphatic heterocycles. The van der Waals surface area contributed by atoms with Crippen LogP contribution in [-0.2, 0) is 37.0 Å². The number of halogens is 6. The predicted octanol–water partition coefficient (Wildman–Crippen LogP) is 5.32. The molecule has 2 aromatic heterocycles. The van der Waals surface area contributed by atoms with Crippen LogP contribution in [0.3, 0.4) is 0 Å². The highest BCUT2D eigenvalue weighted by Crippen LogP contribution is 2.44. The summed E-state index contributed by atoms with van der Waals surface area (Å²) in [5.41, 5.74) is -0.481. The molecule has 1 N–H and O–H groups in total. The zero-order valence-electron chi connectivity index (χ0n) is 27.2. The number of hydrogen-bond donors (Lipinski definition) is 1. The van der Waals surface area contributed by atoms with E-state index in [0.29, 0.717) is 67.0 Å². The molecule has 0 radical (unpaired) electrons. The first-order chi connectivity index (χ1) is 23.3. The third-order valence-corrected chi connectivity index (χ3v) is 9.72. The van der Waals surface area contributed by atoms with Gasteiger partial charge in [-0.05, 0) is 44.4 Å². The number of nitrogens with zero attached hydrogens (tertiary/aromatic N) is 7. The third kappa shape index (κ3) is 6.99. The Kier molecular flexibility index (Phi) is 9.93. The summed E-state index contributed by atoms with van der Waals surface area (Å²) in [4.78, 5) is 26.9. The van der Waals surface area contributed by atoms with Gasteiger partial charge in [0.05, 0.1) is 48.3 Å². The molecule has 3 atom stereocenters. The number of aromatic hydroxyl groups is 1. The standard InChI is InChI=1S/C25H25ClF4N6O4.C7H12FN/c1-34(2)23(38)21-19(26)15-10-35(7-4-8-36(15)33-21)22-12-11-40-17(9-14(12)31-24(32-22)39-3)18-13(25(28,29)30)5-6-16(37)20(18)27;8-6-4-7-2-1-3-9(7)5-6/h5-6,17,37H,4,7-11H2,1-3H3;6-7H,1-5H2. The van der Waals surface area contributed by atoms with E-state index in [0.717, 1.165) is 13.0 Å². The maximum absolute atomic E-state index is 14.9. The number of aromatic nitrogens is 4. The molecule has 6 heterocycles. The molecular weight excluding hydrogens is 677 g/mol. The number of alkyl halides is 4.